The van der Waals surface area contributed by atoms with Gasteiger partial charge in [-0.2, -0.15) is 0 Å². The minimum absolute atomic E-state index is 0.534. The molecule has 0 aromatic heterocycles. The summed E-state index contributed by atoms with van der Waals surface area (Å²) in [5.74, 6) is 1.76. The fourth-order valence-electron chi connectivity index (χ4n) is 4.60. The first-order valence-corrected chi connectivity index (χ1v) is 11.3. The predicted molar refractivity (Wildman–Crippen MR) is 123 cm³/mol. The Labute approximate surface area is 183 Å². The highest BCUT2D eigenvalue weighted by Crippen LogP contribution is 2.38. The third-order valence-corrected chi connectivity index (χ3v) is 6.54. The molecule has 5 nitrogen and oxygen atoms in total. The Bertz CT molecular complexity index is 842. The van der Waals surface area contributed by atoms with Gasteiger partial charge in [-0.25, -0.2) is 0 Å². The molecule has 0 bridgehead atoms. The second-order valence-electron chi connectivity index (χ2n) is 8.29. The summed E-state index contributed by atoms with van der Waals surface area (Å²) in [7, 11) is 0. The summed E-state index contributed by atoms with van der Waals surface area (Å²) in [6.45, 7) is 3.58. The van der Waals surface area contributed by atoms with E-state index < -0.39 is 0 Å². The second-order valence-corrected chi connectivity index (χ2v) is 8.73. The lowest BCUT2D eigenvalue weighted by Gasteiger charge is -2.31. The third kappa shape index (κ3) is 5.46. The maximum absolute atomic E-state index is 9.43. The van der Waals surface area contributed by atoms with E-state index in [1.165, 1.54) is 24.1 Å². The second kappa shape index (κ2) is 10.2. The molecule has 1 saturated heterocycles. The van der Waals surface area contributed by atoms with Crippen molar-refractivity contribution in [1.82, 2.24) is 0 Å². The highest BCUT2D eigenvalue weighted by Gasteiger charge is 2.24. The van der Waals surface area contributed by atoms with Gasteiger partial charge < -0.3 is 20.2 Å². The van der Waals surface area contributed by atoms with E-state index in [1.54, 1.807) is 0 Å². The Morgan fingerprint density at radius 1 is 1.07 bits per heavy atom. The Hall–Kier alpha value is -2.24. The lowest BCUT2D eigenvalue weighted by molar-refractivity contribution is 0.122. The molecule has 30 heavy (non-hydrogen) atoms. The molecule has 1 aliphatic carbocycles. The molecule has 0 amide bonds. The summed E-state index contributed by atoms with van der Waals surface area (Å²) in [5.41, 5.74) is 3.59. The van der Waals surface area contributed by atoms with Crippen LogP contribution in [0.1, 0.15) is 43.6 Å². The van der Waals surface area contributed by atoms with Crippen molar-refractivity contribution in [3.63, 3.8) is 0 Å². The van der Waals surface area contributed by atoms with Gasteiger partial charge in [-0.3, -0.25) is 0 Å². The van der Waals surface area contributed by atoms with E-state index in [-0.39, 0.29) is 0 Å². The van der Waals surface area contributed by atoms with Gasteiger partial charge in [0.25, 0.3) is 0 Å². The van der Waals surface area contributed by atoms with Gasteiger partial charge in [0.05, 0.1) is 13.2 Å². The highest BCUT2D eigenvalue weighted by molar-refractivity contribution is 6.30. The summed E-state index contributed by atoms with van der Waals surface area (Å²) >= 11 is 6.04. The number of amidine groups is 1. The molecule has 160 valence electrons. The van der Waals surface area contributed by atoms with E-state index in [0.29, 0.717) is 22.7 Å². The van der Waals surface area contributed by atoms with Gasteiger partial charge in [0.2, 0.25) is 0 Å². The molecule has 0 unspecified atom stereocenters. The van der Waals surface area contributed by atoms with Crippen molar-refractivity contribution in [1.29, 1.82) is 0 Å². The SMILES string of the molecule is ON=C(C[C@H]1CC[C@@H](c2ccc(N3CCOCC3)cc2)CC1)Nc1cccc(Cl)c1. The summed E-state index contributed by atoms with van der Waals surface area (Å²) in [6.07, 6.45) is 5.40. The highest BCUT2D eigenvalue weighted by atomic mass is 35.5. The van der Waals surface area contributed by atoms with Crippen LogP contribution < -0.4 is 10.2 Å². The molecule has 2 aliphatic rings. The maximum Gasteiger partial charge on any atom is 0.146 e. The molecule has 2 aromatic carbocycles. The van der Waals surface area contributed by atoms with E-state index in [4.69, 9.17) is 16.3 Å². The maximum atomic E-state index is 9.43. The zero-order valence-electron chi connectivity index (χ0n) is 17.3. The molecule has 0 atom stereocenters. The smallest absolute Gasteiger partial charge is 0.146 e. The van der Waals surface area contributed by atoms with Gasteiger partial charge in [-0.15, -0.1) is 0 Å². The topological polar surface area (TPSA) is 57.1 Å². The molecule has 6 heteroatoms. The molecule has 1 saturated carbocycles. The number of oxime groups is 1. The van der Waals surface area contributed by atoms with Crippen molar-refractivity contribution in [2.75, 3.05) is 36.5 Å². The van der Waals surface area contributed by atoms with E-state index in [2.05, 4.69) is 39.6 Å². The normalized spacial score (nSPS) is 22.7. The van der Waals surface area contributed by atoms with Crippen LogP contribution in [0.3, 0.4) is 0 Å². The Morgan fingerprint density at radius 2 is 1.80 bits per heavy atom. The number of hydrogen-bond acceptors (Lipinski definition) is 4. The number of rotatable bonds is 5. The average Bonchev–Trinajstić information content (AvgIpc) is 2.80. The van der Waals surface area contributed by atoms with Gasteiger partial charge in [-0.1, -0.05) is 35.0 Å². The quantitative estimate of drug-likeness (QED) is 0.276. The number of morpholine rings is 1. The van der Waals surface area contributed by atoms with Crippen molar-refractivity contribution in [3.05, 3.63) is 59.1 Å². The summed E-state index contributed by atoms with van der Waals surface area (Å²) < 4.78 is 5.45. The molecule has 4 rings (SSSR count). The van der Waals surface area contributed by atoms with E-state index in [0.717, 1.165) is 51.3 Å². The monoisotopic (exact) mass is 427 g/mol. The van der Waals surface area contributed by atoms with Gasteiger partial charge in [0.1, 0.15) is 5.84 Å². The zero-order chi connectivity index (χ0) is 20.8. The lowest BCUT2D eigenvalue weighted by Crippen LogP contribution is -2.36. The van der Waals surface area contributed by atoms with Gasteiger partial charge in [-0.05, 0) is 73.4 Å². The van der Waals surface area contributed by atoms with Crippen LogP contribution in [-0.4, -0.2) is 37.3 Å². The molecule has 0 radical (unpaired) electrons. The predicted octanol–water partition coefficient (Wildman–Crippen LogP) is 5.74. The number of nitrogens with one attached hydrogen (secondary N) is 1. The molecule has 2 N–H and O–H groups in total. The Kier molecular flexibility index (Phi) is 7.13. The molecule has 2 fully saturated rings. The summed E-state index contributed by atoms with van der Waals surface area (Å²) in [5, 5.41) is 16.8. The first kappa shape index (κ1) is 21.0. The van der Waals surface area contributed by atoms with Crippen molar-refractivity contribution in [3.8, 4) is 0 Å². The third-order valence-electron chi connectivity index (χ3n) is 6.30. The fraction of sp³-hybridized carbons (Fsp3) is 0.458. The molecule has 0 spiro atoms. The molecular weight excluding hydrogens is 398 g/mol. The van der Waals surface area contributed by atoms with Crippen molar-refractivity contribution >= 4 is 28.8 Å². The standard InChI is InChI=1S/C24H30ClN3O2/c25-21-2-1-3-22(17-21)26-24(27-29)16-18-4-6-19(7-5-18)20-8-10-23(11-9-20)28-12-14-30-15-13-28/h1-3,8-11,17-19,29H,4-7,12-16H2,(H,26,27)/t18-,19+. The minimum atomic E-state index is 0.534. The summed E-state index contributed by atoms with van der Waals surface area (Å²) in [6, 6.07) is 16.6. The van der Waals surface area contributed by atoms with E-state index in [9.17, 15) is 5.21 Å². The van der Waals surface area contributed by atoms with Gasteiger partial charge in [0, 0.05) is 35.9 Å². The molecule has 1 heterocycles. The number of nitrogens with zero attached hydrogens (tertiary/aromatic N) is 2. The van der Waals surface area contributed by atoms with Crippen LogP contribution in [0.5, 0.6) is 0 Å². The molecule has 2 aromatic rings. The van der Waals surface area contributed by atoms with Crippen LogP contribution in [0.25, 0.3) is 0 Å². The molecule has 1 aliphatic heterocycles. The summed E-state index contributed by atoms with van der Waals surface area (Å²) in [4.78, 5) is 2.40. The van der Waals surface area contributed by atoms with Crippen LogP contribution in [-0.2, 0) is 4.74 Å². The average molecular weight is 428 g/mol. The Morgan fingerprint density at radius 3 is 2.47 bits per heavy atom. The minimum Gasteiger partial charge on any atom is -0.409 e. The lowest BCUT2D eigenvalue weighted by atomic mass is 9.77. The van der Waals surface area contributed by atoms with E-state index in [1.807, 2.05) is 24.3 Å². The van der Waals surface area contributed by atoms with Crippen LogP contribution in [0.4, 0.5) is 11.4 Å². The van der Waals surface area contributed by atoms with Gasteiger partial charge >= 0.3 is 0 Å². The number of anilines is 2. The van der Waals surface area contributed by atoms with Gasteiger partial charge in [0.15, 0.2) is 0 Å². The number of ether oxygens (including phenoxy) is 1. The van der Waals surface area contributed by atoms with E-state index >= 15 is 0 Å². The molecular formula is C24H30ClN3O2. The van der Waals surface area contributed by atoms with Crippen molar-refractivity contribution < 1.29 is 9.94 Å². The zero-order valence-corrected chi connectivity index (χ0v) is 18.0. The largest absolute Gasteiger partial charge is 0.409 e. The van der Waals surface area contributed by atoms with Crippen LogP contribution >= 0.6 is 11.6 Å². The first-order valence-electron chi connectivity index (χ1n) is 10.9. The number of halogens is 1. The number of benzene rings is 2. The van der Waals surface area contributed by atoms with Crippen LogP contribution in [0, 0.1) is 5.92 Å². The van der Waals surface area contributed by atoms with Crippen LogP contribution in [0.15, 0.2) is 53.7 Å². The van der Waals surface area contributed by atoms with Crippen molar-refractivity contribution in [2.24, 2.45) is 11.1 Å². The fourth-order valence-corrected chi connectivity index (χ4v) is 4.79. The van der Waals surface area contributed by atoms with Crippen molar-refractivity contribution in [2.45, 2.75) is 38.0 Å². The number of hydrogen-bond donors (Lipinski definition) is 2. The first-order chi connectivity index (χ1) is 14.7. The Balaban J connectivity index is 1.28. The van der Waals surface area contributed by atoms with Crippen LogP contribution in [0.2, 0.25) is 5.02 Å².